The summed E-state index contributed by atoms with van der Waals surface area (Å²) < 4.78 is 1.85. The van der Waals surface area contributed by atoms with E-state index in [2.05, 4.69) is 32.6 Å². The van der Waals surface area contributed by atoms with E-state index in [9.17, 15) is 4.79 Å². The average Bonchev–Trinajstić information content (AvgIpc) is 3.27. The van der Waals surface area contributed by atoms with Crippen molar-refractivity contribution >= 4 is 23.0 Å². The number of pyridine rings is 2. The molecule has 0 bridgehead atoms. The molecule has 7 nitrogen and oxygen atoms in total. The van der Waals surface area contributed by atoms with E-state index < -0.39 is 0 Å². The third-order valence-corrected chi connectivity index (χ3v) is 5.11. The van der Waals surface area contributed by atoms with Crippen LogP contribution in [0.3, 0.4) is 0 Å². The highest BCUT2D eigenvalue weighted by Crippen LogP contribution is 2.20. The number of fused-ring (bicyclic) bond motifs is 1. The zero-order valence-corrected chi connectivity index (χ0v) is 17.7. The minimum Gasteiger partial charge on any atom is -0.267 e. The molecular formula is C26H20N6O. The summed E-state index contributed by atoms with van der Waals surface area (Å²) >= 11 is 0. The molecule has 0 radical (unpaired) electrons. The number of benzene rings is 2. The minimum absolute atomic E-state index is 0.304. The zero-order valence-electron chi connectivity index (χ0n) is 17.7. The Balaban J connectivity index is 1.38. The standard InChI is InChI=1S/C26H20N6O/c33-26(24-13-12-20-9-4-5-11-23(20)29-24)30-28-16-22-18-32(17-19-7-2-1-3-8-19)31-25(22)21-10-6-14-27-15-21/h1-16,18H,17H2,(H,30,33)/b28-16+. The number of para-hydroxylation sites is 1. The predicted molar refractivity (Wildman–Crippen MR) is 128 cm³/mol. The molecule has 0 atom stereocenters. The lowest BCUT2D eigenvalue weighted by molar-refractivity contribution is 0.0950. The van der Waals surface area contributed by atoms with Crippen LogP contribution < -0.4 is 5.43 Å². The second-order valence-corrected chi connectivity index (χ2v) is 7.45. The Bertz CT molecular complexity index is 1430. The molecule has 0 saturated heterocycles. The number of nitrogens with zero attached hydrogens (tertiary/aromatic N) is 5. The van der Waals surface area contributed by atoms with Gasteiger partial charge in [-0.3, -0.25) is 14.5 Å². The third kappa shape index (κ3) is 4.67. The maximum atomic E-state index is 12.6. The molecule has 1 amide bonds. The number of hydrogen-bond acceptors (Lipinski definition) is 5. The van der Waals surface area contributed by atoms with Gasteiger partial charge in [0.1, 0.15) is 11.4 Å². The number of amides is 1. The van der Waals surface area contributed by atoms with E-state index >= 15 is 0 Å². The largest absolute Gasteiger partial charge is 0.289 e. The zero-order chi connectivity index (χ0) is 22.5. The summed E-state index contributed by atoms with van der Waals surface area (Å²) in [5, 5.41) is 9.87. The molecule has 1 N–H and O–H groups in total. The number of rotatable bonds is 6. The maximum Gasteiger partial charge on any atom is 0.289 e. The first-order valence-electron chi connectivity index (χ1n) is 10.5. The van der Waals surface area contributed by atoms with Crippen LogP contribution in [0.15, 0.2) is 103 Å². The van der Waals surface area contributed by atoms with Crippen LogP contribution in [0.5, 0.6) is 0 Å². The molecule has 3 aromatic heterocycles. The summed E-state index contributed by atoms with van der Waals surface area (Å²) in [4.78, 5) is 21.2. The van der Waals surface area contributed by atoms with Crippen LogP contribution in [-0.2, 0) is 6.54 Å². The molecule has 0 fully saturated rings. The summed E-state index contributed by atoms with van der Waals surface area (Å²) in [5.41, 5.74) is 7.14. The number of carbonyl (C=O) groups excluding carboxylic acids is 1. The van der Waals surface area contributed by atoms with Crippen molar-refractivity contribution in [1.82, 2.24) is 25.2 Å². The molecule has 5 aromatic rings. The fourth-order valence-corrected chi connectivity index (χ4v) is 3.52. The Morgan fingerprint density at radius 2 is 1.82 bits per heavy atom. The molecule has 3 heterocycles. The third-order valence-electron chi connectivity index (χ3n) is 5.11. The van der Waals surface area contributed by atoms with E-state index in [4.69, 9.17) is 5.10 Å². The summed E-state index contributed by atoms with van der Waals surface area (Å²) in [6, 6.07) is 25.1. The second-order valence-electron chi connectivity index (χ2n) is 7.45. The number of aromatic nitrogens is 4. The fraction of sp³-hybridized carbons (Fsp3) is 0.0385. The summed E-state index contributed by atoms with van der Waals surface area (Å²) in [6.45, 7) is 0.620. The molecule has 0 aliphatic rings. The highest BCUT2D eigenvalue weighted by atomic mass is 16.2. The molecule has 2 aromatic carbocycles. The lowest BCUT2D eigenvalue weighted by atomic mass is 10.1. The lowest BCUT2D eigenvalue weighted by Crippen LogP contribution is -2.18. The van der Waals surface area contributed by atoms with E-state index in [1.807, 2.05) is 71.5 Å². The van der Waals surface area contributed by atoms with Crippen LogP contribution in [0, 0.1) is 0 Å². The van der Waals surface area contributed by atoms with Crippen molar-refractivity contribution in [3.8, 4) is 11.3 Å². The molecule has 33 heavy (non-hydrogen) atoms. The number of hydrazone groups is 1. The van der Waals surface area contributed by atoms with Gasteiger partial charge in [0.25, 0.3) is 5.91 Å². The van der Waals surface area contributed by atoms with Crippen molar-refractivity contribution in [2.24, 2.45) is 5.10 Å². The molecule has 0 spiro atoms. The number of hydrogen-bond donors (Lipinski definition) is 1. The Labute approximate surface area is 190 Å². The number of carbonyl (C=O) groups is 1. The van der Waals surface area contributed by atoms with Crippen LogP contribution in [-0.4, -0.2) is 31.9 Å². The van der Waals surface area contributed by atoms with E-state index in [0.717, 1.165) is 33.3 Å². The van der Waals surface area contributed by atoms with Gasteiger partial charge in [0.05, 0.1) is 18.3 Å². The van der Waals surface area contributed by atoms with E-state index in [1.54, 1.807) is 24.7 Å². The Hall–Kier alpha value is -4.65. The van der Waals surface area contributed by atoms with Crippen LogP contribution >= 0.6 is 0 Å². The first-order valence-corrected chi connectivity index (χ1v) is 10.5. The maximum absolute atomic E-state index is 12.6. The van der Waals surface area contributed by atoms with Crippen molar-refractivity contribution < 1.29 is 4.79 Å². The smallest absolute Gasteiger partial charge is 0.267 e. The van der Waals surface area contributed by atoms with E-state index in [-0.39, 0.29) is 5.91 Å². The fourth-order valence-electron chi connectivity index (χ4n) is 3.52. The first kappa shape index (κ1) is 20.3. The van der Waals surface area contributed by atoms with Gasteiger partial charge < -0.3 is 0 Å². The van der Waals surface area contributed by atoms with Gasteiger partial charge in [-0.15, -0.1) is 0 Å². The molecule has 0 saturated carbocycles. The molecule has 0 unspecified atom stereocenters. The van der Waals surface area contributed by atoms with Gasteiger partial charge in [0.2, 0.25) is 0 Å². The first-order chi connectivity index (χ1) is 16.3. The lowest BCUT2D eigenvalue weighted by Gasteiger charge is -2.01. The summed E-state index contributed by atoms with van der Waals surface area (Å²) in [7, 11) is 0. The van der Waals surface area contributed by atoms with E-state index in [0.29, 0.717) is 12.2 Å². The van der Waals surface area contributed by atoms with Crippen LogP contribution in [0.4, 0.5) is 0 Å². The average molecular weight is 432 g/mol. The topological polar surface area (TPSA) is 85.1 Å². The molecule has 0 aliphatic heterocycles. The van der Waals surface area contributed by atoms with Crippen molar-refractivity contribution in [3.63, 3.8) is 0 Å². The molecule has 7 heteroatoms. The van der Waals surface area contributed by atoms with Crippen molar-refractivity contribution in [1.29, 1.82) is 0 Å². The van der Waals surface area contributed by atoms with Gasteiger partial charge in [-0.1, -0.05) is 54.6 Å². The SMILES string of the molecule is O=C(N/N=C/c1cn(Cc2ccccc2)nc1-c1cccnc1)c1ccc2ccccc2n1. The molecule has 160 valence electrons. The minimum atomic E-state index is -0.378. The summed E-state index contributed by atoms with van der Waals surface area (Å²) in [5.74, 6) is -0.378. The van der Waals surface area contributed by atoms with Gasteiger partial charge >= 0.3 is 0 Å². The second kappa shape index (κ2) is 9.23. The van der Waals surface area contributed by atoms with Crippen LogP contribution in [0.2, 0.25) is 0 Å². The Morgan fingerprint density at radius 1 is 0.970 bits per heavy atom. The molecule has 5 rings (SSSR count). The van der Waals surface area contributed by atoms with Crippen molar-refractivity contribution in [2.75, 3.05) is 0 Å². The van der Waals surface area contributed by atoms with Crippen molar-refractivity contribution in [2.45, 2.75) is 6.54 Å². The quantitative estimate of drug-likeness (QED) is 0.320. The monoisotopic (exact) mass is 432 g/mol. The molecular weight excluding hydrogens is 412 g/mol. The Morgan fingerprint density at radius 3 is 2.67 bits per heavy atom. The predicted octanol–water partition coefficient (Wildman–Crippen LogP) is 4.31. The number of nitrogens with one attached hydrogen (secondary N) is 1. The normalized spacial score (nSPS) is 11.2. The van der Waals surface area contributed by atoms with Gasteiger partial charge in [-0.2, -0.15) is 10.2 Å². The van der Waals surface area contributed by atoms with Gasteiger partial charge in [0, 0.05) is 35.1 Å². The molecule has 0 aliphatic carbocycles. The Kier molecular flexibility index (Phi) is 5.67. The summed E-state index contributed by atoms with van der Waals surface area (Å²) in [6.07, 6.45) is 6.97. The van der Waals surface area contributed by atoms with Gasteiger partial charge in [0.15, 0.2) is 0 Å². The highest BCUT2D eigenvalue weighted by molar-refractivity contribution is 5.96. The van der Waals surface area contributed by atoms with Gasteiger partial charge in [-0.25, -0.2) is 10.4 Å². The highest BCUT2D eigenvalue weighted by Gasteiger charge is 2.11. The van der Waals surface area contributed by atoms with Crippen LogP contribution in [0.25, 0.3) is 22.2 Å². The van der Waals surface area contributed by atoms with Crippen LogP contribution in [0.1, 0.15) is 21.6 Å². The van der Waals surface area contributed by atoms with Crippen molar-refractivity contribution in [3.05, 3.63) is 114 Å². The van der Waals surface area contributed by atoms with Gasteiger partial charge in [-0.05, 0) is 29.8 Å². The van der Waals surface area contributed by atoms with E-state index in [1.165, 1.54) is 0 Å².